The number of hydrogen-bond donors (Lipinski definition) is 2. The minimum absolute atomic E-state index is 0.0482. The van der Waals surface area contributed by atoms with Crippen LogP contribution in [0.1, 0.15) is 101 Å². The van der Waals surface area contributed by atoms with E-state index in [0.29, 0.717) is 13.0 Å². The van der Waals surface area contributed by atoms with Crippen molar-refractivity contribution < 1.29 is 9.90 Å². The summed E-state index contributed by atoms with van der Waals surface area (Å²) in [5, 5.41) is 12.9. The zero-order valence-electron chi connectivity index (χ0n) is 16.9. The van der Waals surface area contributed by atoms with Gasteiger partial charge in [-0.15, -0.1) is 0 Å². The van der Waals surface area contributed by atoms with Gasteiger partial charge in [-0.1, -0.05) is 101 Å². The van der Waals surface area contributed by atoms with E-state index >= 15 is 0 Å². The fourth-order valence-electron chi connectivity index (χ4n) is 3.16. The van der Waals surface area contributed by atoms with Gasteiger partial charge in [0.1, 0.15) is 0 Å². The van der Waals surface area contributed by atoms with Crippen molar-refractivity contribution in [3.63, 3.8) is 0 Å². The number of carbonyl (C=O) groups excluding carboxylic acids is 1. The molecule has 0 aliphatic rings. The highest BCUT2D eigenvalue weighted by molar-refractivity contribution is 5.75. The minimum Gasteiger partial charge on any atom is -0.387 e. The molecule has 0 saturated heterocycles. The molecule has 0 aliphatic heterocycles. The maximum absolute atomic E-state index is 11.9. The normalized spacial score (nSPS) is 12.1. The topological polar surface area (TPSA) is 49.3 Å². The van der Waals surface area contributed by atoms with Gasteiger partial charge in [0, 0.05) is 13.0 Å². The highest BCUT2D eigenvalue weighted by Crippen LogP contribution is 2.13. The Morgan fingerprint density at radius 1 is 0.885 bits per heavy atom. The average molecular weight is 362 g/mol. The molecule has 1 aromatic rings. The van der Waals surface area contributed by atoms with Gasteiger partial charge in [0.2, 0.25) is 5.91 Å². The standard InChI is InChI=1S/C23H39NO2/c1-3-4-5-6-7-8-9-10-11-12-13-14-23(26)24-19-22(25)21-17-15-20(2)16-18-21/h15-18,22,25H,3-14,19H2,1-2H3,(H,24,26)/t22-/m0/s1. The van der Waals surface area contributed by atoms with E-state index in [9.17, 15) is 9.90 Å². The van der Waals surface area contributed by atoms with Crippen molar-refractivity contribution in [2.45, 2.75) is 97.0 Å². The lowest BCUT2D eigenvalue weighted by molar-refractivity contribution is -0.121. The van der Waals surface area contributed by atoms with Gasteiger partial charge in [-0.3, -0.25) is 4.79 Å². The lowest BCUT2D eigenvalue weighted by atomic mass is 10.1. The SMILES string of the molecule is CCCCCCCCCCCCCC(=O)NC[C@H](O)c1ccc(C)cc1. The van der Waals surface area contributed by atoms with Crippen LogP contribution in [0.4, 0.5) is 0 Å². The van der Waals surface area contributed by atoms with Gasteiger partial charge < -0.3 is 10.4 Å². The molecule has 1 amide bonds. The monoisotopic (exact) mass is 361 g/mol. The summed E-state index contributed by atoms with van der Waals surface area (Å²) in [6, 6.07) is 7.78. The van der Waals surface area contributed by atoms with Gasteiger partial charge in [-0.25, -0.2) is 0 Å². The van der Waals surface area contributed by atoms with Crippen LogP contribution in [0.25, 0.3) is 0 Å². The van der Waals surface area contributed by atoms with E-state index in [0.717, 1.165) is 18.4 Å². The second kappa shape index (κ2) is 14.8. The van der Waals surface area contributed by atoms with Crippen molar-refractivity contribution in [1.82, 2.24) is 5.32 Å². The molecular formula is C23H39NO2. The number of amides is 1. The smallest absolute Gasteiger partial charge is 0.220 e. The van der Waals surface area contributed by atoms with Crippen LogP contribution in [0.2, 0.25) is 0 Å². The first-order valence-electron chi connectivity index (χ1n) is 10.6. The van der Waals surface area contributed by atoms with Gasteiger partial charge in [0.05, 0.1) is 6.10 Å². The van der Waals surface area contributed by atoms with E-state index < -0.39 is 6.10 Å². The van der Waals surface area contributed by atoms with Crippen molar-refractivity contribution in [2.75, 3.05) is 6.54 Å². The number of aliphatic hydroxyl groups excluding tert-OH is 1. The molecule has 0 saturated carbocycles. The molecule has 0 unspecified atom stereocenters. The number of carbonyl (C=O) groups is 1. The maximum atomic E-state index is 11.9. The molecule has 0 radical (unpaired) electrons. The van der Waals surface area contributed by atoms with E-state index in [2.05, 4.69) is 12.2 Å². The van der Waals surface area contributed by atoms with E-state index in [-0.39, 0.29) is 5.91 Å². The van der Waals surface area contributed by atoms with Gasteiger partial charge in [-0.2, -0.15) is 0 Å². The first-order chi connectivity index (χ1) is 12.6. The third kappa shape index (κ3) is 11.3. The molecule has 26 heavy (non-hydrogen) atoms. The summed E-state index contributed by atoms with van der Waals surface area (Å²) in [6.45, 7) is 4.57. The number of aliphatic hydroxyl groups is 1. The molecule has 3 nitrogen and oxygen atoms in total. The zero-order valence-corrected chi connectivity index (χ0v) is 16.9. The maximum Gasteiger partial charge on any atom is 0.220 e. The Balaban J connectivity index is 1.94. The summed E-state index contributed by atoms with van der Waals surface area (Å²) in [6.07, 6.45) is 14.1. The van der Waals surface area contributed by atoms with Crippen molar-refractivity contribution in [1.29, 1.82) is 0 Å². The molecule has 3 heteroatoms. The molecule has 0 aromatic heterocycles. The predicted octanol–water partition coefficient (Wildman–Crippen LogP) is 5.85. The van der Waals surface area contributed by atoms with Gasteiger partial charge >= 0.3 is 0 Å². The lowest BCUT2D eigenvalue weighted by Gasteiger charge is -2.12. The number of nitrogens with one attached hydrogen (secondary N) is 1. The van der Waals surface area contributed by atoms with Crippen LogP contribution < -0.4 is 5.32 Å². The second-order valence-electron chi connectivity index (χ2n) is 7.52. The third-order valence-corrected chi connectivity index (χ3v) is 4.96. The zero-order chi connectivity index (χ0) is 19.0. The van der Waals surface area contributed by atoms with Crippen LogP contribution in [-0.4, -0.2) is 17.6 Å². The van der Waals surface area contributed by atoms with Crippen molar-refractivity contribution in [3.8, 4) is 0 Å². The molecule has 148 valence electrons. The molecule has 0 heterocycles. The summed E-state index contributed by atoms with van der Waals surface area (Å²) in [5.74, 6) is 0.0482. The molecule has 0 bridgehead atoms. The Labute approximate surface area is 160 Å². The Kier molecular flexibility index (Phi) is 12.9. The molecule has 0 fully saturated rings. The number of aryl methyl sites for hydroxylation is 1. The average Bonchev–Trinajstić information content (AvgIpc) is 2.64. The molecule has 1 rings (SSSR count). The Morgan fingerprint density at radius 3 is 1.92 bits per heavy atom. The Hall–Kier alpha value is -1.35. The number of unbranched alkanes of at least 4 members (excludes halogenated alkanes) is 10. The molecule has 2 N–H and O–H groups in total. The van der Waals surface area contributed by atoms with E-state index in [4.69, 9.17) is 0 Å². The summed E-state index contributed by atoms with van der Waals surface area (Å²) >= 11 is 0. The summed E-state index contributed by atoms with van der Waals surface area (Å²) in [5.41, 5.74) is 2.02. The predicted molar refractivity (Wildman–Crippen MR) is 110 cm³/mol. The molecule has 0 spiro atoms. The Morgan fingerprint density at radius 2 is 1.38 bits per heavy atom. The molecule has 1 atom stereocenters. The first-order valence-corrected chi connectivity index (χ1v) is 10.6. The summed E-state index contributed by atoms with van der Waals surface area (Å²) in [7, 11) is 0. The molecular weight excluding hydrogens is 322 g/mol. The van der Waals surface area contributed by atoms with Gasteiger partial charge in [0.25, 0.3) is 0 Å². The van der Waals surface area contributed by atoms with E-state index in [1.165, 1.54) is 63.4 Å². The summed E-state index contributed by atoms with van der Waals surface area (Å²) in [4.78, 5) is 11.9. The third-order valence-electron chi connectivity index (χ3n) is 4.96. The fraction of sp³-hybridized carbons (Fsp3) is 0.696. The van der Waals surface area contributed by atoms with Crippen molar-refractivity contribution >= 4 is 5.91 Å². The number of rotatable bonds is 15. The first kappa shape index (κ1) is 22.7. The molecule has 0 aliphatic carbocycles. The van der Waals surface area contributed by atoms with Gasteiger partial charge in [0.15, 0.2) is 0 Å². The van der Waals surface area contributed by atoms with Crippen LogP contribution in [0, 0.1) is 6.92 Å². The largest absolute Gasteiger partial charge is 0.387 e. The van der Waals surface area contributed by atoms with Crippen molar-refractivity contribution in [3.05, 3.63) is 35.4 Å². The van der Waals surface area contributed by atoms with Crippen molar-refractivity contribution in [2.24, 2.45) is 0 Å². The highest BCUT2D eigenvalue weighted by atomic mass is 16.3. The second-order valence-corrected chi connectivity index (χ2v) is 7.52. The van der Waals surface area contributed by atoms with Crippen LogP contribution in [-0.2, 0) is 4.79 Å². The Bertz CT molecular complexity index is 470. The number of benzene rings is 1. The molecule has 1 aromatic carbocycles. The van der Waals surface area contributed by atoms with Crippen LogP contribution >= 0.6 is 0 Å². The minimum atomic E-state index is -0.628. The quantitative estimate of drug-likeness (QED) is 0.385. The lowest BCUT2D eigenvalue weighted by Crippen LogP contribution is -2.28. The van der Waals surface area contributed by atoms with Crippen LogP contribution in [0.5, 0.6) is 0 Å². The summed E-state index contributed by atoms with van der Waals surface area (Å²) < 4.78 is 0. The van der Waals surface area contributed by atoms with Crippen LogP contribution in [0.3, 0.4) is 0 Å². The van der Waals surface area contributed by atoms with E-state index in [1.54, 1.807) is 0 Å². The van der Waals surface area contributed by atoms with E-state index in [1.807, 2.05) is 31.2 Å². The van der Waals surface area contributed by atoms with Crippen LogP contribution in [0.15, 0.2) is 24.3 Å². The highest BCUT2D eigenvalue weighted by Gasteiger charge is 2.09. The fourth-order valence-corrected chi connectivity index (χ4v) is 3.16. The number of hydrogen-bond acceptors (Lipinski definition) is 2. The van der Waals surface area contributed by atoms with Gasteiger partial charge in [-0.05, 0) is 18.9 Å².